The molecule has 3 aromatic rings. The summed E-state index contributed by atoms with van der Waals surface area (Å²) in [4.78, 5) is 28.4. The van der Waals surface area contributed by atoms with Crippen LogP contribution in [0.25, 0.3) is 0 Å². The van der Waals surface area contributed by atoms with Gasteiger partial charge in [0.05, 0.1) is 11.1 Å². The van der Waals surface area contributed by atoms with Crippen LogP contribution in [0, 0.1) is 0 Å². The minimum atomic E-state index is -4.50. The molecule has 0 radical (unpaired) electrons. The Morgan fingerprint density at radius 1 is 0.786 bits per heavy atom. The second-order valence-electron chi connectivity index (χ2n) is 5.81. The smallest absolute Gasteiger partial charge is 0.322 e. The molecular formula is C20H14F3N3O2. The van der Waals surface area contributed by atoms with Gasteiger partial charge in [0.2, 0.25) is 0 Å². The highest BCUT2D eigenvalue weighted by Crippen LogP contribution is 2.30. The molecular weight excluding hydrogens is 371 g/mol. The Bertz CT molecular complexity index is 1000. The van der Waals surface area contributed by atoms with Gasteiger partial charge < -0.3 is 10.6 Å². The van der Waals surface area contributed by atoms with Gasteiger partial charge in [-0.2, -0.15) is 13.2 Å². The summed E-state index contributed by atoms with van der Waals surface area (Å²) in [5, 5.41) is 5.06. The van der Waals surface area contributed by atoms with E-state index in [0.717, 1.165) is 12.1 Å². The zero-order valence-corrected chi connectivity index (χ0v) is 14.3. The lowest BCUT2D eigenvalue weighted by Crippen LogP contribution is -2.15. The highest BCUT2D eigenvalue weighted by atomic mass is 19.4. The highest BCUT2D eigenvalue weighted by molar-refractivity contribution is 6.07. The molecule has 0 saturated heterocycles. The first-order valence-electron chi connectivity index (χ1n) is 8.13. The van der Waals surface area contributed by atoms with Crippen molar-refractivity contribution in [2.24, 2.45) is 0 Å². The molecule has 8 heteroatoms. The number of pyridine rings is 1. The maximum Gasteiger partial charge on any atom is 0.416 e. The third-order valence-electron chi connectivity index (χ3n) is 3.75. The average molecular weight is 385 g/mol. The molecule has 0 fully saturated rings. The van der Waals surface area contributed by atoms with Gasteiger partial charge in [-0.3, -0.25) is 14.6 Å². The fourth-order valence-electron chi connectivity index (χ4n) is 2.42. The Balaban J connectivity index is 1.73. The van der Waals surface area contributed by atoms with Gasteiger partial charge in [-0.05, 0) is 48.5 Å². The molecule has 0 aliphatic rings. The fraction of sp³-hybridized carbons (Fsp3) is 0.0500. The van der Waals surface area contributed by atoms with E-state index in [1.807, 2.05) is 0 Å². The van der Waals surface area contributed by atoms with E-state index in [9.17, 15) is 22.8 Å². The minimum absolute atomic E-state index is 0.0182. The van der Waals surface area contributed by atoms with Gasteiger partial charge in [-0.1, -0.05) is 12.1 Å². The van der Waals surface area contributed by atoms with Crippen molar-refractivity contribution in [2.75, 3.05) is 10.6 Å². The van der Waals surface area contributed by atoms with E-state index in [4.69, 9.17) is 0 Å². The van der Waals surface area contributed by atoms with Gasteiger partial charge in [0, 0.05) is 29.3 Å². The zero-order chi connectivity index (χ0) is 20.1. The number of benzene rings is 2. The lowest BCUT2D eigenvalue weighted by molar-refractivity contribution is -0.137. The second-order valence-corrected chi connectivity index (χ2v) is 5.81. The van der Waals surface area contributed by atoms with Crippen molar-refractivity contribution in [3.8, 4) is 0 Å². The molecule has 0 unspecified atom stereocenters. The zero-order valence-electron chi connectivity index (χ0n) is 14.3. The number of rotatable bonds is 4. The largest absolute Gasteiger partial charge is 0.416 e. The quantitative estimate of drug-likeness (QED) is 0.689. The molecule has 0 spiro atoms. The van der Waals surface area contributed by atoms with Crippen LogP contribution in [0.5, 0.6) is 0 Å². The van der Waals surface area contributed by atoms with Crippen LogP contribution in [0.15, 0.2) is 73.1 Å². The van der Waals surface area contributed by atoms with E-state index in [2.05, 4.69) is 15.6 Å². The molecule has 1 heterocycles. The molecule has 5 nitrogen and oxygen atoms in total. The van der Waals surface area contributed by atoms with Crippen molar-refractivity contribution in [3.63, 3.8) is 0 Å². The molecule has 0 bridgehead atoms. The summed E-state index contributed by atoms with van der Waals surface area (Å²) in [6.07, 6.45) is -1.56. The standard InChI is InChI=1S/C20H14F3N3O2/c21-20(22,23)15-6-2-8-17(11-15)26-18(27)13-4-1-7-16(10-13)25-19(28)14-5-3-9-24-12-14/h1-12H,(H,25,28)(H,26,27). The number of nitrogens with one attached hydrogen (secondary N) is 2. The lowest BCUT2D eigenvalue weighted by Gasteiger charge is -2.11. The van der Waals surface area contributed by atoms with Gasteiger partial charge in [0.15, 0.2) is 0 Å². The fourth-order valence-corrected chi connectivity index (χ4v) is 2.42. The van der Waals surface area contributed by atoms with E-state index in [-0.39, 0.29) is 11.3 Å². The first-order valence-corrected chi connectivity index (χ1v) is 8.13. The molecule has 3 rings (SSSR count). The third-order valence-corrected chi connectivity index (χ3v) is 3.75. The number of halogens is 3. The molecule has 0 atom stereocenters. The Kier molecular flexibility index (Phi) is 5.39. The molecule has 142 valence electrons. The van der Waals surface area contributed by atoms with Crippen LogP contribution in [0.3, 0.4) is 0 Å². The number of hydrogen-bond donors (Lipinski definition) is 2. The summed E-state index contributed by atoms with van der Waals surface area (Å²) in [6, 6.07) is 13.6. The van der Waals surface area contributed by atoms with Crippen LogP contribution in [0.1, 0.15) is 26.3 Å². The Labute approximate surface area is 158 Å². The van der Waals surface area contributed by atoms with Crippen LogP contribution < -0.4 is 10.6 Å². The number of aromatic nitrogens is 1. The van der Waals surface area contributed by atoms with E-state index < -0.39 is 23.6 Å². The molecule has 0 saturated carbocycles. The van der Waals surface area contributed by atoms with Crippen molar-refractivity contribution in [1.29, 1.82) is 0 Å². The van der Waals surface area contributed by atoms with Gasteiger partial charge in [-0.15, -0.1) is 0 Å². The van der Waals surface area contributed by atoms with E-state index in [1.165, 1.54) is 36.7 Å². The monoisotopic (exact) mass is 385 g/mol. The molecule has 0 aliphatic carbocycles. The topological polar surface area (TPSA) is 71.1 Å². The number of anilines is 2. The number of nitrogens with zero attached hydrogens (tertiary/aromatic N) is 1. The minimum Gasteiger partial charge on any atom is -0.322 e. The summed E-state index contributed by atoms with van der Waals surface area (Å²) in [7, 11) is 0. The van der Waals surface area contributed by atoms with Crippen LogP contribution in [0.4, 0.5) is 24.5 Å². The molecule has 2 amide bonds. The van der Waals surface area contributed by atoms with Crippen molar-refractivity contribution in [3.05, 3.63) is 89.7 Å². The molecule has 2 aromatic carbocycles. The number of hydrogen-bond acceptors (Lipinski definition) is 3. The molecule has 1 aromatic heterocycles. The summed E-state index contributed by atoms with van der Waals surface area (Å²) in [5.41, 5.74) is 0.0562. The highest BCUT2D eigenvalue weighted by Gasteiger charge is 2.30. The van der Waals surface area contributed by atoms with Gasteiger partial charge >= 0.3 is 6.18 Å². The van der Waals surface area contributed by atoms with Crippen LogP contribution in [-0.4, -0.2) is 16.8 Å². The molecule has 0 aliphatic heterocycles. The Morgan fingerprint density at radius 2 is 1.39 bits per heavy atom. The lowest BCUT2D eigenvalue weighted by atomic mass is 10.1. The number of carbonyl (C=O) groups is 2. The van der Waals surface area contributed by atoms with Crippen molar-refractivity contribution in [2.45, 2.75) is 6.18 Å². The number of alkyl halides is 3. The summed E-state index contributed by atoms with van der Waals surface area (Å²) in [6.45, 7) is 0. The van der Waals surface area contributed by atoms with Crippen LogP contribution in [0.2, 0.25) is 0 Å². The van der Waals surface area contributed by atoms with Crippen molar-refractivity contribution >= 4 is 23.2 Å². The Morgan fingerprint density at radius 3 is 2.04 bits per heavy atom. The summed E-state index contributed by atoms with van der Waals surface area (Å²) < 4.78 is 38.4. The van der Waals surface area contributed by atoms with Crippen molar-refractivity contribution < 1.29 is 22.8 Å². The number of carbonyl (C=O) groups excluding carboxylic acids is 2. The van der Waals surface area contributed by atoms with Gasteiger partial charge in [0.1, 0.15) is 0 Å². The molecule has 2 N–H and O–H groups in total. The molecule has 28 heavy (non-hydrogen) atoms. The van der Waals surface area contributed by atoms with E-state index in [1.54, 1.807) is 24.3 Å². The third kappa shape index (κ3) is 4.73. The maximum atomic E-state index is 12.8. The average Bonchev–Trinajstić information content (AvgIpc) is 2.68. The van der Waals surface area contributed by atoms with E-state index >= 15 is 0 Å². The second kappa shape index (κ2) is 7.91. The number of amides is 2. The summed E-state index contributed by atoms with van der Waals surface area (Å²) in [5.74, 6) is -1.000. The van der Waals surface area contributed by atoms with E-state index in [0.29, 0.717) is 11.3 Å². The summed E-state index contributed by atoms with van der Waals surface area (Å²) >= 11 is 0. The van der Waals surface area contributed by atoms with Crippen molar-refractivity contribution in [1.82, 2.24) is 4.98 Å². The Hall–Kier alpha value is -3.68. The SMILES string of the molecule is O=C(Nc1cccc(C(=O)Nc2cccc(C(F)(F)F)c2)c1)c1cccnc1. The van der Waals surface area contributed by atoms with Gasteiger partial charge in [0.25, 0.3) is 11.8 Å². The first-order chi connectivity index (χ1) is 13.3. The first kappa shape index (κ1) is 19.1. The normalized spacial score (nSPS) is 11.0. The predicted molar refractivity (Wildman–Crippen MR) is 98.0 cm³/mol. The van der Waals surface area contributed by atoms with Crippen LogP contribution >= 0.6 is 0 Å². The van der Waals surface area contributed by atoms with Crippen LogP contribution in [-0.2, 0) is 6.18 Å². The maximum absolute atomic E-state index is 12.8. The predicted octanol–water partition coefficient (Wildman–Crippen LogP) is 4.61. The van der Waals surface area contributed by atoms with Gasteiger partial charge in [-0.25, -0.2) is 0 Å².